The molecular formula is C29H40N4O4. The van der Waals surface area contributed by atoms with E-state index in [-0.39, 0.29) is 24.4 Å². The second kappa shape index (κ2) is 13.0. The topological polar surface area (TPSA) is 95.9 Å². The molecule has 0 saturated carbocycles. The standard InChI is InChI=1S/C29H40N4O4/c1-3-5-14-32(15-6-4-2)27(34)19-33-18-24(21-7-10-26-22(17-21)12-16-37-26)28(29(35)36)25(33)9-8-23-11-13-30-20-31-23/h7,10-11,13,17,20,24-25,28H,3-6,8-9,12,14-16,18-19H2,1-2H3,(H,35,36)/t24-,25+,28-/m1/s1. The largest absolute Gasteiger partial charge is 0.493 e. The normalized spacial score (nSPS) is 21.0. The molecule has 37 heavy (non-hydrogen) atoms. The zero-order valence-corrected chi connectivity index (χ0v) is 22.1. The summed E-state index contributed by atoms with van der Waals surface area (Å²) >= 11 is 0. The van der Waals surface area contributed by atoms with E-state index in [1.54, 1.807) is 6.20 Å². The number of carbonyl (C=O) groups is 2. The summed E-state index contributed by atoms with van der Waals surface area (Å²) < 4.78 is 5.67. The van der Waals surface area contributed by atoms with E-state index in [9.17, 15) is 14.7 Å². The summed E-state index contributed by atoms with van der Waals surface area (Å²) in [6, 6.07) is 7.70. The van der Waals surface area contributed by atoms with Crippen molar-refractivity contribution < 1.29 is 19.4 Å². The van der Waals surface area contributed by atoms with Gasteiger partial charge in [-0.25, -0.2) is 9.97 Å². The highest BCUT2D eigenvalue weighted by Crippen LogP contribution is 2.41. The van der Waals surface area contributed by atoms with Crippen LogP contribution in [0.25, 0.3) is 0 Å². The summed E-state index contributed by atoms with van der Waals surface area (Å²) in [6.07, 6.45) is 9.36. The number of aryl methyl sites for hydroxylation is 1. The first-order valence-electron chi connectivity index (χ1n) is 13.8. The lowest BCUT2D eigenvalue weighted by atomic mass is 9.83. The molecule has 3 heterocycles. The van der Waals surface area contributed by atoms with Crippen molar-refractivity contribution in [2.24, 2.45) is 5.92 Å². The molecule has 2 aliphatic rings. The summed E-state index contributed by atoms with van der Waals surface area (Å²) in [5, 5.41) is 10.4. The number of carboxylic acids is 1. The Hall–Kier alpha value is -3.00. The molecule has 8 heteroatoms. The molecule has 2 aliphatic heterocycles. The Bertz CT molecular complexity index is 1040. The first-order valence-corrected chi connectivity index (χ1v) is 13.8. The van der Waals surface area contributed by atoms with Gasteiger partial charge in [0.05, 0.1) is 19.1 Å². The lowest BCUT2D eigenvalue weighted by Crippen LogP contribution is -2.44. The number of ether oxygens (including phenoxy) is 1. The van der Waals surface area contributed by atoms with Gasteiger partial charge in [0.1, 0.15) is 12.1 Å². The zero-order chi connectivity index (χ0) is 26.2. The Kier molecular flexibility index (Phi) is 9.50. The number of fused-ring (bicyclic) bond motifs is 1. The maximum absolute atomic E-state index is 13.5. The lowest BCUT2D eigenvalue weighted by molar-refractivity contribution is -0.143. The summed E-state index contributed by atoms with van der Waals surface area (Å²) in [4.78, 5) is 38.7. The van der Waals surface area contributed by atoms with E-state index in [0.29, 0.717) is 26.0 Å². The first-order chi connectivity index (χ1) is 18.0. The van der Waals surface area contributed by atoms with Crippen molar-refractivity contribution in [3.05, 3.63) is 53.6 Å². The van der Waals surface area contributed by atoms with Crippen molar-refractivity contribution in [3.8, 4) is 5.75 Å². The smallest absolute Gasteiger partial charge is 0.308 e. The third kappa shape index (κ3) is 6.66. The van der Waals surface area contributed by atoms with Gasteiger partial charge in [-0.3, -0.25) is 14.5 Å². The van der Waals surface area contributed by atoms with Crippen molar-refractivity contribution in [1.29, 1.82) is 0 Å². The Morgan fingerprint density at radius 3 is 2.62 bits per heavy atom. The van der Waals surface area contributed by atoms with E-state index in [0.717, 1.165) is 67.8 Å². The number of nitrogens with zero attached hydrogens (tertiary/aromatic N) is 4. The van der Waals surface area contributed by atoms with Crippen LogP contribution >= 0.6 is 0 Å². The van der Waals surface area contributed by atoms with Crippen molar-refractivity contribution in [2.45, 2.75) is 70.8 Å². The first kappa shape index (κ1) is 27.0. The number of aromatic nitrogens is 2. The van der Waals surface area contributed by atoms with Gasteiger partial charge in [-0.1, -0.05) is 38.8 Å². The molecule has 1 fully saturated rings. The Balaban J connectivity index is 1.59. The number of hydrogen-bond acceptors (Lipinski definition) is 6. The molecule has 3 atom stereocenters. The number of unbranched alkanes of at least 4 members (excludes halogenated alkanes) is 2. The fourth-order valence-electron chi connectivity index (χ4n) is 5.72. The fraction of sp³-hybridized carbons (Fsp3) is 0.586. The molecule has 1 amide bonds. The van der Waals surface area contributed by atoms with E-state index in [4.69, 9.17) is 4.74 Å². The highest BCUT2D eigenvalue weighted by atomic mass is 16.5. The Morgan fingerprint density at radius 2 is 1.95 bits per heavy atom. The number of rotatable bonds is 13. The molecule has 0 unspecified atom stereocenters. The molecule has 2 aromatic rings. The molecule has 4 rings (SSSR count). The molecule has 1 aromatic heterocycles. The molecule has 0 radical (unpaired) electrons. The number of amides is 1. The van der Waals surface area contributed by atoms with Crippen LogP contribution in [0.3, 0.4) is 0 Å². The summed E-state index contributed by atoms with van der Waals surface area (Å²) in [6.45, 7) is 7.24. The molecule has 200 valence electrons. The van der Waals surface area contributed by atoms with E-state index in [1.165, 1.54) is 6.33 Å². The molecule has 0 aliphatic carbocycles. The highest BCUT2D eigenvalue weighted by molar-refractivity contribution is 5.79. The minimum Gasteiger partial charge on any atom is -0.493 e. The SMILES string of the molecule is CCCCN(CCCC)C(=O)CN1C[C@H](c2ccc3c(c2)CCO3)[C@@H](C(=O)O)[C@@H]1CCc1ccncn1. The van der Waals surface area contributed by atoms with Crippen LogP contribution in [0.5, 0.6) is 5.75 Å². The second-order valence-electron chi connectivity index (χ2n) is 10.3. The number of likely N-dealkylation sites (tertiary alicyclic amines) is 1. The predicted octanol–water partition coefficient (Wildman–Crippen LogP) is 3.94. The fourth-order valence-corrected chi connectivity index (χ4v) is 5.72. The maximum atomic E-state index is 13.5. The van der Waals surface area contributed by atoms with Gasteiger partial charge in [-0.15, -0.1) is 0 Å². The van der Waals surface area contributed by atoms with Crippen LogP contribution in [0, 0.1) is 5.92 Å². The van der Waals surface area contributed by atoms with Crippen molar-refractivity contribution in [1.82, 2.24) is 19.8 Å². The molecule has 0 spiro atoms. The number of aliphatic carboxylic acids is 1. The van der Waals surface area contributed by atoms with Gasteiger partial charge in [-0.05, 0) is 48.9 Å². The second-order valence-corrected chi connectivity index (χ2v) is 10.3. The minimum atomic E-state index is -0.807. The zero-order valence-electron chi connectivity index (χ0n) is 22.1. The number of carboxylic acid groups (broad SMARTS) is 1. The van der Waals surface area contributed by atoms with Gasteiger partial charge in [0, 0.05) is 49.9 Å². The van der Waals surface area contributed by atoms with E-state index >= 15 is 0 Å². The van der Waals surface area contributed by atoms with E-state index < -0.39 is 11.9 Å². The van der Waals surface area contributed by atoms with Crippen LogP contribution in [0.4, 0.5) is 0 Å². The van der Waals surface area contributed by atoms with E-state index in [2.05, 4.69) is 34.8 Å². The molecular weight excluding hydrogens is 468 g/mol. The van der Waals surface area contributed by atoms with E-state index in [1.807, 2.05) is 23.1 Å². The van der Waals surface area contributed by atoms with Gasteiger partial charge >= 0.3 is 5.97 Å². The van der Waals surface area contributed by atoms with Crippen LogP contribution in [0.1, 0.15) is 68.7 Å². The molecule has 1 aromatic carbocycles. The van der Waals surface area contributed by atoms with Crippen LogP contribution in [0.2, 0.25) is 0 Å². The Morgan fingerprint density at radius 1 is 1.16 bits per heavy atom. The summed E-state index contributed by atoms with van der Waals surface area (Å²) in [5.74, 6) is -0.608. The molecule has 8 nitrogen and oxygen atoms in total. The molecule has 0 bridgehead atoms. The number of benzene rings is 1. The molecule has 1 N–H and O–H groups in total. The van der Waals surface area contributed by atoms with Crippen LogP contribution in [-0.2, 0) is 22.4 Å². The van der Waals surface area contributed by atoms with Crippen molar-refractivity contribution in [3.63, 3.8) is 0 Å². The lowest BCUT2D eigenvalue weighted by Gasteiger charge is -2.29. The average molecular weight is 509 g/mol. The number of carbonyl (C=O) groups excluding carboxylic acids is 1. The third-order valence-electron chi connectivity index (χ3n) is 7.77. The average Bonchev–Trinajstić information content (AvgIpc) is 3.52. The predicted molar refractivity (Wildman–Crippen MR) is 142 cm³/mol. The van der Waals surface area contributed by atoms with Crippen LogP contribution in [-0.4, -0.2) is 75.6 Å². The van der Waals surface area contributed by atoms with Crippen LogP contribution < -0.4 is 4.74 Å². The van der Waals surface area contributed by atoms with Crippen molar-refractivity contribution in [2.75, 3.05) is 32.8 Å². The van der Waals surface area contributed by atoms with Gasteiger partial charge < -0.3 is 14.7 Å². The third-order valence-corrected chi connectivity index (χ3v) is 7.77. The summed E-state index contributed by atoms with van der Waals surface area (Å²) in [7, 11) is 0. The quantitative estimate of drug-likeness (QED) is 0.438. The van der Waals surface area contributed by atoms with Crippen LogP contribution in [0.15, 0.2) is 36.8 Å². The van der Waals surface area contributed by atoms with Gasteiger partial charge in [-0.2, -0.15) is 0 Å². The van der Waals surface area contributed by atoms with Gasteiger partial charge in [0.2, 0.25) is 5.91 Å². The van der Waals surface area contributed by atoms with Gasteiger partial charge in [0.25, 0.3) is 0 Å². The van der Waals surface area contributed by atoms with Gasteiger partial charge in [0.15, 0.2) is 0 Å². The minimum absolute atomic E-state index is 0.0982. The summed E-state index contributed by atoms with van der Waals surface area (Å²) in [5.41, 5.74) is 3.04. The molecule has 1 saturated heterocycles. The highest BCUT2D eigenvalue weighted by Gasteiger charge is 2.47. The Labute approximate surface area is 220 Å². The number of hydrogen-bond donors (Lipinski definition) is 1. The van der Waals surface area contributed by atoms with Crippen molar-refractivity contribution >= 4 is 11.9 Å². The monoisotopic (exact) mass is 508 g/mol. The maximum Gasteiger partial charge on any atom is 0.308 e.